The first kappa shape index (κ1) is 20.2. The second-order valence-electron chi connectivity index (χ2n) is 7.21. The van der Waals surface area contributed by atoms with E-state index in [1.165, 1.54) is 0 Å². The van der Waals surface area contributed by atoms with Crippen LogP contribution < -0.4 is 0 Å². The Hall–Kier alpha value is -1.14. The number of unbranched alkanes of at least 4 members (excludes halogenated alkanes) is 2. The molecular weight excluding hydrogens is 324 g/mol. The van der Waals surface area contributed by atoms with Gasteiger partial charge in [-0.25, -0.2) is 0 Å². The highest BCUT2D eigenvalue weighted by Crippen LogP contribution is 2.35. The first-order chi connectivity index (χ1) is 12.1. The number of carbonyl (C=O) groups excluding carboxylic acids is 2. The molecule has 0 aromatic carbocycles. The molecule has 144 valence electrons. The van der Waals surface area contributed by atoms with Crippen molar-refractivity contribution in [1.29, 1.82) is 0 Å². The zero-order valence-electron chi connectivity index (χ0n) is 15.5. The van der Waals surface area contributed by atoms with Crippen LogP contribution >= 0.6 is 0 Å². The highest BCUT2D eigenvalue weighted by molar-refractivity contribution is 5.69. The fourth-order valence-electron chi connectivity index (χ4n) is 3.87. The van der Waals surface area contributed by atoms with E-state index in [1.807, 2.05) is 6.92 Å². The Labute approximate surface area is 150 Å². The molecule has 2 saturated heterocycles. The quantitative estimate of drug-likeness (QED) is 0.358. The molecule has 0 amide bonds. The van der Waals surface area contributed by atoms with Crippen molar-refractivity contribution in [3.63, 3.8) is 0 Å². The largest absolute Gasteiger partial charge is 0.464 e. The second-order valence-corrected chi connectivity index (χ2v) is 7.21. The van der Waals surface area contributed by atoms with Crippen LogP contribution in [0.2, 0.25) is 0 Å². The van der Waals surface area contributed by atoms with Crippen molar-refractivity contribution < 1.29 is 28.5 Å². The number of hydrogen-bond donors (Lipinski definition) is 0. The van der Waals surface area contributed by atoms with Crippen LogP contribution in [-0.4, -0.2) is 43.7 Å². The van der Waals surface area contributed by atoms with Gasteiger partial charge in [0.15, 0.2) is 5.79 Å². The van der Waals surface area contributed by atoms with Gasteiger partial charge in [0.05, 0.1) is 13.2 Å². The fourth-order valence-corrected chi connectivity index (χ4v) is 3.87. The molecule has 0 radical (unpaired) electrons. The lowest BCUT2D eigenvalue weighted by Gasteiger charge is -2.33. The molecule has 2 aliphatic rings. The zero-order chi connectivity index (χ0) is 18.1. The maximum absolute atomic E-state index is 11.8. The Morgan fingerprint density at radius 1 is 1.24 bits per heavy atom. The van der Waals surface area contributed by atoms with Gasteiger partial charge in [-0.2, -0.15) is 0 Å². The highest BCUT2D eigenvalue weighted by atomic mass is 16.7. The number of carbonyl (C=O) groups is 2. The summed E-state index contributed by atoms with van der Waals surface area (Å²) in [5, 5.41) is 0. The van der Waals surface area contributed by atoms with Crippen molar-refractivity contribution in [2.24, 2.45) is 5.92 Å². The minimum Gasteiger partial charge on any atom is -0.464 e. The molecule has 0 spiro atoms. The van der Waals surface area contributed by atoms with Gasteiger partial charge in [0.2, 0.25) is 0 Å². The third-order valence-corrected chi connectivity index (χ3v) is 5.24. The van der Waals surface area contributed by atoms with Gasteiger partial charge in [-0.05, 0) is 32.1 Å². The van der Waals surface area contributed by atoms with Gasteiger partial charge in [0.1, 0.15) is 12.2 Å². The van der Waals surface area contributed by atoms with Crippen LogP contribution in [0.5, 0.6) is 0 Å². The van der Waals surface area contributed by atoms with E-state index in [4.69, 9.17) is 18.9 Å². The van der Waals surface area contributed by atoms with E-state index in [0.717, 1.165) is 38.5 Å². The molecule has 6 nitrogen and oxygen atoms in total. The molecule has 0 saturated carbocycles. The summed E-state index contributed by atoms with van der Waals surface area (Å²) in [6.45, 7) is 5.80. The van der Waals surface area contributed by atoms with E-state index in [2.05, 4.69) is 6.92 Å². The van der Waals surface area contributed by atoms with Gasteiger partial charge in [0.25, 0.3) is 6.47 Å². The topological polar surface area (TPSA) is 71.1 Å². The van der Waals surface area contributed by atoms with E-state index in [9.17, 15) is 9.59 Å². The summed E-state index contributed by atoms with van der Waals surface area (Å²) in [5.74, 6) is -0.556. The van der Waals surface area contributed by atoms with E-state index in [1.54, 1.807) is 0 Å². The Morgan fingerprint density at radius 3 is 2.68 bits per heavy atom. The molecular formula is C19H32O6. The third kappa shape index (κ3) is 6.26. The SMILES string of the molecule is CCCCCC1(CC[C@@H]2CCC(=O)O[C@H](C)C[C@@H]2OC=O)OCCO1. The summed E-state index contributed by atoms with van der Waals surface area (Å²) in [6.07, 6.45) is 6.98. The van der Waals surface area contributed by atoms with Gasteiger partial charge in [-0.3, -0.25) is 9.59 Å². The lowest BCUT2D eigenvalue weighted by molar-refractivity contribution is -0.173. The normalized spacial score (nSPS) is 29.5. The maximum atomic E-state index is 11.8. The van der Waals surface area contributed by atoms with E-state index < -0.39 is 5.79 Å². The molecule has 2 rings (SSSR count). The predicted molar refractivity (Wildman–Crippen MR) is 91.8 cm³/mol. The predicted octanol–water partition coefficient (Wildman–Crippen LogP) is 3.36. The lowest BCUT2D eigenvalue weighted by Crippen LogP contribution is -2.36. The molecule has 0 N–H and O–H groups in total. The third-order valence-electron chi connectivity index (χ3n) is 5.24. The summed E-state index contributed by atoms with van der Waals surface area (Å²) >= 11 is 0. The molecule has 0 aromatic heterocycles. The van der Waals surface area contributed by atoms with Crippen molar-refractivity contribution in [2.75, 3.05) is 13.2 Å². The van der Waals surface area contributed by atoms with Crippen LogP contribution in [0.1, 0.15) is 71.6 Å². The summed E-state index contributed by atoms with van der Waals surface area (Å²) in [6, 6.07) is 0. The van der Waals surface area contributed by atoms with Crippen LogP contribution in [-0.2, 0) is 28.5 Å². The molecule has 0 bridgehead atoms. The van der Waals surface area contributed by atoms with Crippen LogP contribution in [0.25, 0.3) is 0 Å². The van der Waals surface area contributed by atoms with E-state index in [-0.39, 0.29) is 24.1 Å². The molecule has 25 heavy (non-hydrogen) atoms. The van der Waals surface area contributed by atoms with Gasteiger partial charge in [0, 0.05) is 25.7 Å². The Balaban J connectivity index is 1.97. The molecule has 0 aliphatic carbocycles. The summed E-state index contributed by atoms with van der Waals surface area (Å²) in [5.41, 5.74) is 0. The first-order valence-corrected chi connectivity index (χ1v) is 9.65. The van der Waals surface area contributed by atoms with Crippen LogP contribution in [0.3, 0.4) is 0 Å². The first-order valence-electron chi connectivity index (χ1n) is 9.65. The summed E-state index contributed by atoms with van der Waals surface area (Å²) in [7, 11) is 0. The molecule has 0 unspecified atom stereocenters. The van der Waals surface area contributed by atoms with Gasteiger partial charge >= 0.3 is 5.97 Å². The number of ether oxygens (including phenoxy) is 4. The van der Waals surface area contributed by atoms with Gasteiger partial charge in [-0.15, -0.1) is 0 Å². The molecule has 2 heterocycles. The van der Waals surface area contributed by atoms with E-state index in [0.29, 0.717) is 38.9 Å². The minimum atomic E-state index is -0.505. The van der Waals surface area contributed by atoms with Crippen molar-refractivity contribution >= 4 is 12.4 Å². The highest BCUT2D eigenvalue weighted by Gasteiger charge is 2.38. The van der Waals surface area contributed by atoms with Gasteiger partial charge in [-0.1, -0.05) is 19.8 Å². The molecule has 6 heteroatoms. The van der Waals surface area contributed by atoms with Crippen molar-refractivity contribution in [2.45, 2.75) is 89.6 Å². The lowest BCUT2D eigenvalue weighted by atomic mass is 9.85. The number of esters is 1. The van der Waals surface area contributed by atoms with Crippen LogP contribution in [0, 0.1) is 5.92 Å². The molecule has 3 atom stereocenters. The standard InChI is InChI=1S/C19H32O6/c1-3-4-5-9-19(23-11-12-24-19)10-8-16-6-7-18(21)25-15(2)13-17(16)22-14-20/h14-17H,3-13H2,1-2H3/t15-,16+,17+/m1/s1. The van der Waals surface area contributed by atoms with Crippen molar-refractivity contribution in [3.8, 4) is 0 Å². The Morgan fingerprint density at radius 2 is 2.00 bits per heavy atom. The number of rotatable bonds is 9. The number of cyclic esters (lactones) is 1. The van der Waals surface area contributed by atoms with Crippen LogP contribution in [0.15, 0.2) is 0 Å². The average Bonchev–Trinajstić information content (AvgIpc) is 3.03. The van der Waals surface area contributed by atoms with Crippen molar-refractivity contribution in [3.05, 3.63) is 0 Å². The Bertz CT molecular complexity index is 418. The fraction of sp³-hybridized carbons (Fsp3) is 0.895. The van der Waals surface area contributed by atoms with Crippen LogP contribution in [0.4, 0.5) is 0 Å². The average molecular weight is 356 g/mol. The maximum Gasteiger partial charge on any atom is 0.306 e. The monoisotopic (exact) mass is 356 g/mol. The van der Waals surface area contributed by atoms with E-state index >= 15 is 0 Å². The summed E-state index contributed by atoms with van der Waals surface area (Å²) in [4.78, 5) is 22.7. The number of hydrogen-bond acceptors (Lipinski definition) is 6. The molecule has 0 aromatic rings. The minimum absolute atomic E-state index is 0.122. The Kier molecular flexibility index (Phi) is 8.16. The smallest absolute Gasteiger partial charge is 0.306 e. The van der Waals surface area contributed by atoms with Gasteiger partial charge < -0.3 is 18.9 Å². The molecule has 2 aliphatic heterocycles. The molecule has 2 fully saturated rings. The van der Waals surface area contributed by atoms with Crippen molar-refractivity contribution in [1.82, 2.24) is 0 Å². The zero-order valence-corrected chi connectivity index (χ0v) is 15.5. The second kappa shape index (κ2) is 10.1. The summed E-state index contributed by atoms with van der Waals surface area (Å²) < 4.78 is 22.5.